The van der Waals surface area contributed by atoms with Gasteiger partial charge in [-0.3, -0.25) is 0 Å². The molecular formula is C10H17Y-. The van der Waals surface area contributed by atoms with Gasteiger partial charge in [0.15, 0.2) is 0 Å². The van der Waals surface area contributed by atoms with E-state index in [9.17, 15) is 0 Å². The van der Waals surface area contributed by atoms with Gasteiger partial charge in [-0.25, -0.2) is 0 Å². The van der Waals surface area contributed by atoms with Gasteiger partial charge in [-0.05, 0) is 0 Å². The molecule has 1 heteroatoms. The maximum atomic E-state index is 2.89. The van der Waals surface area contributed by atoms with Crippen LogP contribution in [0.15, 0.2) is 30.3 Å². The van der Waals surface area contributed by atoms with Crippen molar-refractivity contribution in [1.29, 1.82) is 0 Å². The molecule has 61 valence electrons. The minimum atomic E-state index is 0. The van der Waals surface area contributed by atoms with Gasteiger partial charge in [0.25, 0.3) is 0 Å². The molecule has 1 aromatic rings. The van der Waals surface area contributed by atoms with Crippen LogP contribution in [0.3, 0.4) is 0 Å². The fourth-order valence-electron chi connectivity index (χ4n) is 0.342. The first-order valence-corrected chi connectivity index (χ1v) is 3.91. The molecule has 1 aromatic carbocycles. The molecule has 0 unspecified atom stereocenters. The van der Waals surface area contributed by atoms with E-state index in [4.69, 9.17) is 0 Å². The maximum Gasteiger partial charge on any atom is 0 e. The van der Waals surface area contributed by atoms with E-state index in [1.165, 1.54) is 0 Å². The summed E-state index contributed by atoms with van der Waals surface area (Å²) < 4.78 is 0. The molecule has 0 aliphatic rings. The molecule has 0 heterocycles. The van der Waals surface area contributed by atoms with Gasteiger partial charge in [-0.15, -0.1) is 0 Å². The van der Waals surface area contributed by atoms with Crippen molar-refractivity contribution in [2.75, 3.05) is 0 Å². The summed E-state index contributed by atoms with van der Waals surface area (Å²) in [6.07, 6.45) is 0. The summed E-state index contributed by atoms with van der Waals surface area (Å²) in [7, 11) is 0. The van der Waals surface area contributed by atoms with Crippen LogP contribution in [0.2, 0.25) is 0 Å². The summed E-state index contributed by atoms with van der Waals surface area (Å²) in [5.74, 6) is 0. The van der Waals surface area contributed by atoms with Crippen molar-refractivity contribution in [3.63, 3.8) is 0 Å². The van der Waals surface area contributed by atoms with Gasteiger partial charge in [0, 0.05) is 32.7 Å². The summed E-state index contributed by atoms with van der Waals surface area (Å²) in [5.41, 5.74) is 0. The quantitative estimate of drug-likeness (QED) is 0.593. The summed E-state index contributed by atoms with van der Waals surface area (Å²) in [5, 5.41) is 0. The largest absolute Gasteiger partial charge is 0.184 e. The van der Waals surface area contributed by atoms with Crippen molar-refractivity contribution < 1.29 is 32.7 Å². The SMILES string of the molecule is CC.CC.[Y].[c-]1ccccc1. The van der Waals surface area contributed by atoms with Crippen LogP contribution >= 0.6 is 0 Å². The number of benzene rings is 1. The standard InChI is InChI=1S/C6H5.2C2H6.Y/c1-2-4-6-5-3-1;2*1-2;/h1-5H;2*1-2H3;/q-1;;;. The first kappa shape index (κ1) is 17.4. The molecule has 0 N–H and O–H groups in total. The summed E-state index contributed by atoms with van der Waals surface area (Å²) in [4.78, 5) is 0. The van der Waals surface area contributed by atoms with Crippen molar-refractivity contribution in [3.05, 3.63) is 36.4 Å². The van der Waals surface area contributed by atoms with Crippen molar-refractivity contribution in [2.24, 2.45) is 0 Å². The molecule has 0 spiro atoms. The van der Waals surface area contributed by atoms with Crippen LogP contribution in [0.5, 0.6) is 0 Å². The Kier molecular flexibility index (Phi) is 35.5. The Morgan fingerprint density at radius 1 is 0.727 bits per heavy atom. The monoisotopic (exact) mass is 226 g/mol. The smallest absolute Gasteiger partial charge is 0 e. The number of rotatable bonds is 0. The van der Waals surface area contributed by atoms with Crippen LogP contribution in [0.4, 0.5) is 0 Å². The van der Waals surface area contributed by atoms with Crippen molar-refractivity contribution >= 4 is 0 Å². The molecule has 0 bridgehead atoms. The van der Waals surface area contributed by atoms with E-state index < -0.39 is 0 Å². The second-order valence-corrected chi connectivity index (χ2v) is 1.08. The molecule has 0 aliphatic heterocycles. The van der Waals surface area contributed by atoms with E-state index in [0.29, 0.717) is 0 Å². The molecule has 11 heavy (non-hydrogen) atoms. The third kappa shape index (κ3) is 17.9. The minimum Gasteiger partial charge on any atom is -0.184 e. The molecule has 0 amide bonds. The normalized spacial score (nSPS) is 5.45. The Labute approximate surface area is 96.3 Å². The molecular weight excluding hydrogens is 209 g/mol. The van der Waals surface area contributed by atoms with Crippen LogP contribution in [-0.4, -0.2) is 0 Å². The van der Waals surface area contributed by atoms with Gasteiger partial charge < -0.3 is 0 Å². The van der Waals surface area contributed by atoms with Crippen LogP contribution in [-0.2, 0) is 32.7 Å². The Balaban J connectivity index is -0.000000114. The molecule has 0 atom stereocenters. The van der Waals surface area contributed by atoms with Crippen molar-refractivity contribution in [1.82, 2.24) is 0 Å². The van der Waals surface area contributed by atoms with Gasteiger partial charge in [-0.2, -0.15) is 36.4 Å². The van der Waals surface area contributed by atoms with Gasteiger partial charge in [0.05, 0.1) is 0 Å². The van der Waals surface area contributed by atoms with E-state index in [1.807, 2.05) is 58.0 Å². The van der Waals surface area contributed by atoms with Gasteiger partial charge >= 0.3 is 0 Å². The Morgan fingerprint density at radius 2 is 1.09 bits per heavy atom. The average molecular weight is 226 g/mol. The fraction of sp³-hybridized carbons (Fsp3) is 0.400. The third-order valence-electron chi connectivity index (χ3n) is 0.607. The predicted octanol–water partition coefficient (Wildman–Crippen LogP) is 3.54. The van der Waals surface area contributed by atoms with Crippen LogP contribution in [0, 0.1) is 6.07 Å². The second-order valence-electron chi connectivity index (χ2n) is 1.08. The second kappa shape index (κ2) is 22.4. The van der Waals surface area contributed by atoms with Gasteiger partial charge in [0.2, 0.25) is 0 Å². The number of hydrogen-bond donors (Lipinski definition) is 0. The van der Waals surface area contributed by atoms with E-state index >= 15 is 0 Å². The third-order valence-corrected chi connectivity index (χ3v) is 0.607. The Bertz CT molecular complexity index is 76.8. The van der Waals surface area contributed by atoms with E-state index in [-0.39, 0.29) is 32.7 Å². The van der Waals surface area contributed by atoms with Crippen molar-refractivity contribution in [2.45, 2.75) is 27.7 Å². The fourth-order valence-corrected chi connectivity index (χ4v) is 0.342. The molecule has 0 fully saturated rings. The Morgan fingerprint density at radius 3 is 1.18 bits per heavy atom. The summed E-state index contributed by atoms with van der Waals surface area (Å²) in [6, 6.07) is 12.5. The average Bonchev–Trinajstić information content (AvgIpc) is 2.14. The zero-order chi connectivity index (χ0) is 8.24. The molecule has 0 nitrogen and oxygen atoms in total. The van der Waals surface area contributed by atoms with Gasteiger partial charge in [-0.1, -0.05) is 27.7 Å². The zero-order valence-electron chi connectivity index (χ0n) is 7.96. The van der Waals surface area contributed by atoms with E-state index in [1.54, 1.807) is 0 Å². The molecule has 0 aromatic heterocycles. The Hall–Kier alpha value is 0.324. The first-order valence-electron chi connectivity index (χ1n) is 3.91. The van der Waals surface area contributed by atoms with E-state index in [2.05, 4.69) is 6.07 Å². The molecule has 1 radical (unpaired) electrons. The first-order chi connectivity index (χ1) is 5.00. The van der Waals surface area contributed by atoms with Crippen LogP contribution < -0.4 is 0 Å². The molecule has 1 rings (SSSR count). The molecule has 0 aliphatic carbocycles. The van der Waals surface area contributed by atoms with Gasteiger partial charge in [0.1, 0.15) is 0 Å². The number of hydrogen-bond acceptors (Lipinski definition) is 0. The summed E-state index contributed by atoms with van der Waals surface area (Å²) in [6.45, 7) is 8.00. The van der Waals surface area contributed by atoms with Crippen LogP contribution in [0.1, 0.15) is 27.7 Å². The van der Waals surface area contributed by atoms with Crippen LogP contribution in [0.25, 0.3) is 0 Å². The topological polar surface area (TPSA) is 0 Å². The summed E-state index contributed by atoms with van der Waals surface area (Å²) >= 11 is 0. The minimum absolute atomic E-state index is 0. The van der Waals surface area contributed by atoms with Crippen molar-refractivity contribution in [3.8, 4) is 0 Å². The molecule has 0 saturated heterocycles. The predicted molar refractivity (Wildman–Crippen MR) is 48.0 cm³/mol. The van der Waals surface area contributed by atoms with E-state index in [0.717, 1.165) is 0 Å². The molecule has 0 saturated carbocycles. The zero-order valence-corrected chi connectivity index (χ0v) is 10.8. The maximum absolute atomic E-state index is 2.89.